The number of hydrogen-bond donors (Lipinski definition) is 1. The van der Waals surface area contributed by atoms with E-state index in [0.717, 1.165) is 5.56 Å². The predicted octanol–water partition coefficient (Wildman–Crippen LogP) is 3.81. The first kappa shape index (κ1) is 15.7. The van der Waals surface area contributed by atoms with Crippen LogP contribution in [0.3, 0.4) is 0 Å². The number of thiophene rings is 1. The molecule has 0 saturated carbocycles. The van der Waals surface area contributed by atoms with Gasteiger partial charge in [-0.1, -0.05) is 23.2 Å². The maximum Gasteiger partial charge on any atom is 0.264 e. The quantitative estimate of drug-likeness (QED) is 0.899. The number of carbonyl (C=O) groups excluding carboxylic acids is 1. The van der Waals surface area contributed by atoms with Crippen LogP contribution in [0.1, 0.15) is 15.9 Å². The number of nitrogens with one attached hydrogen (secondary N) is 1. The van der Waals surface area contributed by atoms with Gasteiger partial charge in [0.15, 0.2) is 8.68 Å². The van der Waals surface area contributed by atoms with Crippen LogP contribution >= 0.6 is 34.5 Å². The summed E-state index contributed by atoms with van der Waals surface area (Å²) in [5, 5.41) is 2.42. The molecule has 2 rings (SSSR count). The zero-order chi connectivity index (χ0) is 14.9. The third-order valence-corrected chi connectivity index (χ3v) is 6.96. The van der Waals surface area contributed by atoms with Crippen LogP contribution in [0.2, 0.25) is 10.0 Å². The van der Waals surface area contributed by atoms with Gasteiger partial charge in [0.2, 0.25) is 0 Å². The maximum atomic E-state index is 12.4. The molecule has 1 aromatic heterocycles. The van der Waals surface area contributed by atoms with Gasteiger partial charge in [-0.25, -0.2) is 4.21 Å². The first-order chi connectivity index (χ1) is 9.29. The summed E-state index contributed by atoms with van der Waals surface area (Å²) in [7, 11) is -3.05. The van der Waals surface area contributed by atoms with Gasteiger partial charge in [-0.2, -0.15) is 0 Å². The molecule has 1 N–H and O–H groups in total. The smallest absolute Gasteiger partial charge is 0.264 e. The zero-order valence-electron chi connectivity index (χ0n) is 10.2. The molecule has 1 unspecified atom stereocenters. The number of hydrogen-bond acceptors (Lipinski definition) is 4. The molecule has 2 aromatic rings. The van der Waals surface area contributed by atoms with Crippen LogP contribution in [0, 0.1) is 6.92 Å². The van der Waals surface area contributed by atoms with Crippen LogP contribution in [0.15, 0.2) is 33.9 Å². The van der Waals surface area contributed by atoms with E-state index in [1.807, 2.05) is 12.3 Å². The fraction of sp³-hybridized carbons (Fsp3) is 0.0833. The van der Waals surface area contributed by atoms with E-state index < -0.39 is 14.6 Å². The number of benzene rings is 1. The summed E-state index contributed by atoms with van der Waals surface area (Å²) in [6.45, 7) is 1.86. The van der Waals surface area contributed by atoms with Crippen LogP contribution in [0.5, 0.6) is 0 Å². The zero-order valence-corrected chi connectivity index (χ0v) is 14.1. The second-order valence-electron chi connectivity index (χ2n) is 4.00. The van der Waals surface area contributed by atoms with Gasteiger partial charge in [-0.15, -0.1) is 11.3 Å². The lowest BCUT2D eigenvalue weighted by molar-refractivity contribution is 0.0983. The van der Waals surface area contributed by atoms with Gasteiger partial charge in [0.05, 0.1) is 10.6 Å². The first-order valence-electron chi connectivity index (χ1n) is 5.37. The fourth-order valence-corrected chi connectivity index (χ4v) is 4.86. The van der Waals surface area contributed by atoms with Crippen molar-refractivity contribution in [1.82, 2.24) is 4.72 Å². The van der Waals surface area contributed by atoms with Crippen molar-refractivity contribution < 1.29 is 9.00 Å². The van der Waals surface area contributed by atoms with Crippen LogP contribution in [0.25, 0.3) is 0 Å². The van der Waals surface area contributed by atoms with Crippen LogP contribution < -0.4 is 4.72 Å². The molecule has 1 amide bonds. The molecule has 1 atom stereocenters. The van der Waals surface area contributed by atoms with Gasteiger partial charge < -0.3 is 0 Å². The minimum atomic E-state index is -3.05. The molecule has 0 radical (unpaired) electrons. The van der Waals surface area contributed by atoms with Gasteiger partial charge in [-0.3, -0.25) is 9.52 Å². The summed E-state index contributed by atoms with van der Waals surface area (Å²) in [6, 6.07) is 6.13. The van der Waals surface area contributed by atoms with Gasteiger partial charge in [0.25, 0.3) is 5.91 Å². The molecule has 0 spiro atoms. The van der Waals surface area contributed by atoms with Crippen molar-refractivity contribution in [3.8, 4) is 0 Å². The standard InChI is InChI=1S/C12H9Cl2NO2S3/c1-7-4-11(19-6-7)20(17,18)15-12(16)9-3-2-8(13)5-10(9)14/h2-6H,1H3,(H,15,16). The number of rotatable bonds is 3. The van der Waals surface area contributed by atoms with Crippen molar-refractivity contribution in [3.05, 3.63) is 50.8 Å². The monoisotopic (exact) mass is 365 g/mol. The molecule has 3 nitrogen and oxygen atoms in total. The predicted molar refractivity (Wildman–Crippen MR) is 86.8 cm³/mol. The van der Waals surface area contributed by atoms with E-state index in [1.54, 1.807) is 6.07 Å². The average Bonchev–Trinajstić information content (AvgIpc) is 2.75. The normalized spacial score (nSPS) is 13.8. The summed E-state index contributed by atoms with van der Waals surface area (Å²) in [5.74, 6) is -0.585. The molecular formula is C12H9Cl2NO2S3. The van der Waals surface area contributed by atoms with Gasteiger partial charge in [-0.05, 0) is 42.1 Å². The molecule has 1 aromatic carbocycles. The van der Waals surface area contributed by atoms with Crippen molar-refractivity contribution in [2.75, 3.05) is 0 Å². The third kappa shape index (κ3) is 3.51. The highest BCUT2D eigenvalue weighted by molar-refractivity contribution is 8.32. The molecule has 0 fully saturated rings. The van der Waals surface area contributed by atoms with Gasteiger partial charge >= 0.3 is 0 Å². The molecule has 0 bridgehead atoms. The highest BCUT2D eigenvalue weighted by Crippen LogP contribution is 2.23. The minimum absolute atomic E-state index is 0.182. The molecule has 20 heavy (non-hydrogen) atoms. The van der Waals surface area contributed by atoms with E-state index in [1.165, 1.54) is 29.5 Å². The highest BCUT2D eigenvalue weighted by Gasteiger charge is 2.18. The SMILES string of the molecule is Cc1csc(S(=O)(=S)NC(=O)c2ccc(Cl)cc2Cl)c1. The van der Waals surface area contributed by atoms with E-state index in [2.05, 4.69) is 4.72 Å². The van der Waals surface area contributed by atoms with E-state index in [9.17, 15) is 9.00 Å². The summed E-state index contributed by atoms with van der Waals surface area (Å²) in [4.78, 5) is 12.1. The van der Waals surface area contributed by atoms with E-state index in [0.29, 0.717) is 9.23 Å². The first-order valence-corrected chi connectivity index (χ1v) is 9.49. The summed E-state index contributed by atoms with van der Waals surface area (Å²) in [5.41, 5.74) is 1.13. The lowest BCUT2D eigenvalue weighted by Gasteiger charge is -2.09. The Hall–Kier alpha value is -0.660. The summed E-state index contributed by atoms with van der Waals surface area (Å²) in [6.07, 6.45) is 0. The lowest BCUT2D eigenvalue weighted by Crippen LogP contribution is -2.29. The van der Waals surface area contributed by atoms with E-state index >= 15 is 0 Å². The fourth-order valence-electron chi connectivity index (χ4n) is 1.45. The molecule has 0 saturated heterocycles. The molecule has 1 heterocycles. The Labute approximate surface area is 135 Å². The van der Waals surface area contributed by atoms with Crippen LogP contribution in [0.4, 0.5) is 0 Å². The summed E-state index contributed by atoms with van der Waals surface area (Å²) < 4.78 is 15.2. The van der Waals surface area contributed by atoms with Crippen molar-refractivity contribution in [2.45, 2.75) is 11.1 Å². The topological polar surface area (TPSA) is 46.2 Å². The lowest BCUT2D eigenvalue weighted by atomic mass is 10.2. The average molecular weight is 366 g/mol. The molecule has 0 aliphatic carbocycles. The number of halogens is 2. The molecule has 0 aliphatic rings. The van der Waals surface area contributed by atoms with E-state index in [4.69, 9.17) is 34.4 Å². The highest BCUT2D eigenvalue weighted by atomic mass is 35.5. The second-order valence-corrected chi connectivity index (χ2v) is 9.07. The van der Waals surface area contributed by atoms with E-state index in [-0.39, 0.29) is 10.6 Å². The Bertz CT molecular complexity index is 769. The van der Waals surface area contributed by atoms with Crippen molar-refractivity contribution in [3.63, 3.8) is 0 Å². The summed E-state index contributed by atoms with van der Waals surface area (Å²) >= 11 is 18.0. The largest absolute Gasteiger partial charge is 0.268 e. The molecule has 106 valence electrons. The maximum absolute atomic E-state index is 12.4. The Kier molecular flexibility index (Phi) is 4.71. The second kappa shape index (κ2) is 5.99. The minimum Gasteiger partial charge on any atom is -0.268 e. The number of carbonyl (C=O) groups is 1. The van der Waals surface area contributed by atoms with Crippen LogP contribution in [-0.2, 0) is 19.9 Å². The van der Waals surface area contributed by atoms with Gasteiger partial charge in [0.1, 0.15) is 4.21 Å². The Morgan fingerprint density at radius 1 is 1.35 bits per heavy atom. The Morgan fingerprint density at radius 3 is 2.60 bits per heavy atom. The van der Waals surface area contributed by atoms with Crippen LogP contribution in [-0.4, -0.2) is 10.1 Å². The third-order valence-electron chi connectivity index (χ3n) is 2.37. The molecule has 0 aliphatic heterocycles. The Morgan fingerprint density at radius 2 is 2.05 bits per heavy atom. The molecular weight excluding hydrogens is 357 g/mol. The number of aryl methyl sites for hydroxylation is 1. The Balaban J connectivity index is 2.27. The van der Waals surface area contributed by atoms with Crippen molar-refractivity contribution in [1.29, 1.82) is 0 Å². The van der Waals surface area contributed by atoms with Crippen molar-refractivity contribution >= 4 is 60.3 Å². The molecule has 8 heteroatoms. The van der Waals surface area contributed by atoms with Gasteiger partial charge in [0, 0.05) is 16.2 Å². The van der Waals surface area contributed by atoms with Crippen molar-refractivity contribution in [2.24, 2.45) is 0 Å². The number of amides is 1.